The van der Waals surface area contributed by atoms with Crippen LogP contribution in [0.3, 0.4) is 0 Å². The van der Waals surface area contributed by atoms with Gasteiger partial charge in [0.2, 0.25) is 0 Å². The Morgan fingerprint density at radius 2 is 1.88 bits per heavy atom. The second kappa shape index (κ2) is 7.69. The van der Waals surface area contributed by atoms with Gasteiger partial charge in [0.25, 0.3) is 5.91 Å². The Balaban J connectivity index is 1.57. The van der Waals surface area contributed by atoms with Crippen molar-refractivity contribution in [3.63, 3.8) is 0 Å². The van der Waals surface area contributed by atoms with E-state index in [2.05, 4.69) is 0 Å². The van der Waals surface area contributed by atoms with Gasteiger partial charge in [-0.1, -0.05) is 23.7 Å². The number of amides is 1. The molecule has 1 atom stereocenters. The first-order valence-electron chi connectivity index (χ1n) is 8.09. The van der Waals surface area contributed by atoms with Crippen molar-refractivity contribution in [1.82, 2.24) is 4.90 Å². The average Bonchev–Trinajstić information content (AvgIpc) is 3.14. The molecule has 5 heteroatoms. The van der Waals surface area contributed by atoms with Gasteiger partial charge in [0, 0.05) is 23.7 Å². The van der Waals surface area contributed by atoms with E-state index in [1.165, 1.54) is 0 Å². The molecule has 1 amide bonds. The first-order valence-corrected chi connectivity index (χ1v) is 8.47. The zero-order valence-corrected chi connectivity index (χ0v) is 14.1. The third-order valence-electron chi connectivity index (χ3n) is 4.14. The second-order valence-corrected chi connectivity index (χ2v) is 6.34. The van der Waals surface area contributed by atoms with E-state index in [1.807, 2.05) is 4.90 Å². The summed E-state index contributed by atoms with van der Waals surface area (Å²) in [5, 5.41) is 10.7. The van der Waals surface area contributed by atoms with Gasteiger partial charge in [0.1, 0.15) is 18.5 Å². The number of benzene rings is 2. The smallest absolute Gasteiger partial charge is 0.253 e. The van der Waals surface area contributed by atoms with Crippen LogP contribution in [-0.4, -0.2) is 35.6 Å². The molecule has 1 N–H and O–H groups in total. The molecule has 0 aromatic heterocycles. The summed E-state index contributed by atoms with van der Waals surface area (Å²) in [7, 11) is 0. The molecule has 0 saturated carbocycles. The Kier molecular flexibility index (Phi) is 5.38. The average molecular weight is 346 g/mol. The highest BCUT2D eigenvalue weighted by molar-refractivity contribution is 6.30. The van der Waals surface area contributed by atoms with Crippen LogP contribution in [0.1, 0.15) is 34.9 Å². The maximum Gasteiger partial charge on any atom is 0.253 e. The van der Waals surface area contributed by atoms with Gasteiger partial charge in [0.05, 0.1) is 0 Å². The van der Waals surface area contributed by atoms with Gasteiger partial charge in [-0.05, 0) is 54.8 Å². The van der Waals surface area contributed by atoms with Crippen LogP contribution in [0.2, 0.25) is 5.02 Å². The van der Waals surface area contributed by atoms with Crippen molar-refractivity contribution in [2.24, 2.45) is 0 Å². The van der Waals surface area contributed by atoms with E-state index < -0.39 is 6.10 Å². The van der Waals surface area contributed by atoms with E-state index in [0.29, 0.717) is 21.9 Å². The largest absolute Gasteiger partial charge is 0.491 e. The third kappa shape index (κ3) is 4.08. The molecule has 0 bridgehead atoms. The summed E-state index contributed by atoms with van der Waals surface area (Å²) in [4.78, 5) is 14.1. The number of carbonyl (C=O) groups excluding carboxylic acids is 1. The standard InChI is InChI=1S/C19H20ClNO3/c20-16-5-3-4-15(12-16)18(22)13-24-17-8-6-14(7-9-17)19(23)21-10-1-2-11-21/h3-9,12,18,22H,1-2,10-11,13H2. The van der Waals surface area contributed by atoms with Gasteiger partial charge in [-0.15, -0.1) is 0 Å². The zero-order chi connectivity index (χ0) is 16.9. The van der Waals surface area contributed by atoms with Gasteiger partial charge in [-0.2, -0.15) is 0 Å². The van der Waals surface area contributed by atoms with Crippen molar-refractivity contribution in [1.29, 1.82) is 0 Å². The predicted molar refractivity (Wildman–Crippen MR) is 93.5 cm³/mol. The molecular weight excluding hydrogens is 326 g/mol. The minimum absolute atomic E-state index is 0.0676. The number of carbonyl (C=O) groups is 1. The molecule has 1 saturated heterocycles. The quantitative estimate of drug-likeness (QED) is 0.899. The SMILES string of the molecule is O=C(c1ccc(OCC(O)c2cccc(Cl)c2)cc1)N1CCCC1. The molecule has 1 fully saturated rings. The summed E-state index contributed by atoms with van der Waals surface area (Å²) in [6, 6.07) is 14.1. The highest BCUT2D eigenvalue weighted by Gasteiger charge is 2.19. The summed E-state index contributed by atoms with van der Waals surface area (Å²) >= 11 is 5.92. The molecule has 126 valence electrons. The van der Waals surface area contributed by atoms with Crippen LogP contribution in [0, 0.1) is 0 Å². The summed E-state index contributed by atoms with van der Waals surface area (Å²) in [5.74, 6) is 0.687. The first-order chi connectivity index (χ1) is 11.6. The maximum absolute atomic E-state index is 12.3. The number of likely N-dealkylation sites (tertiary alicyclic amines) is 1. The number of hydrogen-bond donors (Lipinski definition) is 1. The summed E-state index contributed by atoms with van der Waals surface area (Å²) < 4.78 is 5.60. The van der Waals surface area contributed by atoms with Crippen LogP contribution in [0.4, 0.5) is 0 Å². The Morgan fingerprint density at radius 3 is 2.54 bits per heavy atom. The molecule has 1 aliphatic rings. The fraction of sp³-hybridized carbons (Fsp3) is 0.316. The fourth-order valence-electron chi connectivity index (χ4n) is 2.78. The predicted octanol–water partition coefficient (Wildman–Crippen LogP) is 3.69. The highest BCUT2D eigenvalue weighted by Crippen LogP contribution is 2.20. The van der Waals surface area contributed by atoms with Crippen molar-refractivity contribution in [2.45, 2.75) is 18.9 Å². The maximum atomic E-state index is 12.3. The zero-order valence-electron chi connectivity index (χ0n) is 13.3. The van der Waals surface area contributed by atoms with Crippen molar-refractivity contribution >= 4 is 17.5 Å². The number of hydrogen-bond acceptors (Lipinski definition) is 3. The van der Waals surface area contributed by atoms with Crippen LogP contribution >= 0.6 is 11.6 Å². The Labute approximate surface area is 146 Å². The van der Waals surface area contributed by atoms with Crippen LogP contribution in [0.25, 0.3) is 0 Å². The monoisotopic (exact) mass is 345 g/mol. The van der Waals surface area contributed by atoms with Crippen molar-refractivity contribution in [3.05, 3.63) is 64.7 Å². The molecule has 0 spiro atoms. The van der Waals surface area contributed by atoms with Crippen LogP contribution in [0.15, 0.2) is 48.5 Å². The lowest BCUT2D eigenvalue weighted by Crippen LogP contribution is -2.27. The number of halogens is 1. The molecule has 3 rings (SSSR count). The topological polar surface area (TPSA) is 49.8 Å². The van der Waals surface area contributed by atoms with Crippen molar-refractivity contribution in [3.8, 4) is 5.75 Å². The molecular formula is C19H20ClNO3. The molecule has 1 aliphatic heterocycles. The van der Waals surface area contributed by atoms with Crippen LogP contribution in [0.5, 0.6) is 5.75 Å². The van der Waals surface area contributed by atoms with Gasteiger partial charge in [0.15, 0.2) is 0 Å². The van der Waals surface area contributed by atoms with Crippen molar-refractivity contribution < 1.29 is 14.6 Å². The third-order valence-corrected chi connectivity index (χ3v) is 4.37. The van der Waals surface area contributed by atoms with Gasteiger partial charge in [-0.25, -0.2) is 0 Å². The second-order valence-electron chi connectivity index (χ2n) is 5.91. The Morgan fingerprint density at radius 1 is 1.17 bits per heavy atom. The molecule has 2 aromatic carbocycles. The van der Waals surface area contributed by atoms with Crippen LogP contribution < -0.4 is 4.74 Å². The number of nitrogens with zero attached hydrogens (tertiary/aromatic N) is 1. The lowest BCUT2D eigenvalue weighted by atomic mass is 10.1. The van der Waals surface area contributed by atoms with Gasteiger partial charge >= 0.3 is 0 Å². The van der Waals surface area contributed by atoms with E-state index in [0.717, 1.165) is 25.9 Å². The molecule has 0 aliphatic carbocycles. The van der Waals surface area contributed by atoms with E-state index in [4.69, 9.17) is 16.3 Å². The number of rotatable bonds is 5. The van der Waals surface area contributed by atoms with E-state index in [9.17, 15) is 9.90 Å². The van der Waals surface area contributed by atoms with E-state index >= 15 is 0 Å². The summed E-state index contributed by atoms with van der Waals surface area (Å²) in [5.41, 5.74) is 1.38. The molecule has 24 heavy (non-hydrogen) atoms. The summed E-state index contributed by atoms with van der Waals surface area (Å²) in [6.45, 7) is 1.80. The van der Waals surface area contributed by atoms with Gasteiger partial charge < -0.3 is 14.7 Å². The number of ether oxygens (including phenoxy) is 1. The number of aliphatic hydroxyl groups excluding tert-OH is 1. The highest BCUT2D eigenvalue weighted by atomic mass is 35.5. The molecule has 1 unspecified atom stereocenters. The molecule has 4 nitrogen and oxygen atoms in total. The molecule has 1 heterocycles. The fourth-order valence-corrected chi connectivity index (χ4v) is 2.98. The van der Waals surface area contributed by atoms with Gasteiger partial charge in [-0.3, -0.25) is 4.79 Å². The van der Waals surface area contributed by atoms with E-state index in [1.54, 1.807) is 48.5 Å². The van der Waals surface area contributed by atoms with Crippen molar-refractivity contribution in [2.75, 3.05) is 19.7 Å². The Hall–Kier alpha value is -2.04. The lowest BCUT2D eigenvalue weighted by molar-refractivity contribution is 0.0792. The lowest BCUT2D eigenvalue weighted by Gasteiger charge is -2.16. The van der Waals surface area contributed by atoms with Crippen LogP contribution in [-0.2, 0) is 0 Å². The Bertz CT molecular complexity index is 696. The molecule has 2 aromatic rings. The minimum atomic E-state index is -0.755. The minimum Gasteiger partial charge on any atom is -0.491 e. The molecule has 0 radical (unpaired) electrons. The number of aliphatic hydroxyl groups is 1. The summed E-state index contributed by atoms with van der Waals surface area (Å²) in [6.07, 6.45) is 1.40. The van der Waals surface area contributed by atoms with E-state index in [-0.39, 0.29) is 12.5 Å². The normalized spacial score (nSPS) is 15.3. The first kappa shape index (κ1) is 16.8.